The van der Waals surface area contributed by atoms with Gasteiger partial charge in [0.25, 0.3) is 5.88 Å². The molecular formula is C13H14ClNO5S. The Labute approximate surface area is 127 Å². The van der Waals surface area contributed by atoms with E-state index in [9.17, 15) is 18.6 Å². The minimum atomic E-state index is -3.70. The first-order chi connectivity index (χ1) is 9.72. The van der Waals surface area contributed by atoms with Crippen molar-refractivity contribution in [2.75, 3.05) is 4.72 Å². The van der Waals surface area contributed by atoms with E-state index in [2.05, 4.69) is 4.72 Å². The summed E-state index contributed by atoms with van der Waals surface area (Å²) in [6.07, 6.45) is 0. The van der Waals surface area contributed by atoms with Gasteiger partial charge in [-0.15, -0.1) is 0 Å². The topological polar surface area (TPSA) is 99.8 Å². The number of furan rings is 1. The highest BCUT2D eigenvalue weighted by atomic mass is 35.5. The fraction of sp³-hybridized carbons (Fsp3) is 0.231. The maximum atomic E-state index is 11.8. The molecule has 0 radical (unpaired) electrons. The van der Waals surface area contributed by atoms with Crippen molar-refractivity contribution in [2.45, 2.75) is 19.1 Å². The molecule has 0 atom stereocenters. The molecule has 0 bridgehead atoms. The summed E-state index contributed by atoms with van der Waals surface area (Å²) < 4.78 is 30.9. The number of anilines is 1. The first kappa shape index (κ1) is 15.5. The van der Waals surface area contributed by atoms with Gasteiger partial charge in [0.05, 0.1) is 5.25 Å². The maximum absolute atomic E-state index is 11.8. The van der Waals surface area contributed by atoms with Gasteiger partial charge in [0.15, 0.2) is 5.76 Å². The maximum Gasteiger partial charge on any atom is 0.253 e. The SMILES string of the molecule is CC(C)S(=O)(=O)Nc1oc(-c2ccc(Cl)cc2)c(O)c1O. The first-order valence-corrected chi connectivity index (χ1v) is 7.97. The molecule has 0 saturated carbocycles. The van der Waals surface area contributed by atoms with Crippen LogP contribution in [0.1, 0.15) is 13.8 Å². The molecule has 3 N–H and O–H groups in total. The highest BCUT2D eigenvalue weighted by Gasteiger charge is 2.25. The predicted octanol–water partition coefficient (Wildman–Crippen LogP) is 3.16. The number of hydrogen-bond acceptors (Lipinski definition) is 5. The molecule has 0 amide bonds. The van der Waals surface area contributed by atoms with Gasteiger partial charge in [0.1, 0.15) is 0 Å². The monoisotopic (exact) mass is 331 g/mol. The minimum Gasteiger partial charge on any atom is -0.502 e. The number of halogens is 1. The van der Waals surface area contributed by atoms with Crippen molar-refractivity contribution in [3.63, 3.8) is 0 Å². The lowest BCUT2D eigenvalue weighted by atomic mass is 10.1. The van der Waals surface area contributed by atoms with Gasteiger partial charge < -0.3 is 14.6 Å². The highest BCUT2D eigenvalue weighted by Crippen LogP contribution is 2.45. The number of aromatic hydroxyl groups is 2. The van der Waals surface area contributed by atoms with Crippen LogP contribution in [0, 0.1) is 0 Å². The van der Waals surface area contributed by atoms with Crippen LogP contribution in [0.4, 0.5) is 5.88 Å². The predicted molar refractivity (Wildman–Crippen MR) is 80.2 cm³/mol. The lowest BCUT2D eigenvalue weighted by Gasteiger charge is -2.07. The standard InChI is InChI=1S/C13H14ClNO5S/c1-7(2)21(18,19)15-13-11(17)10(16)12(20-13)8-3-5-9(14)6-4-8/h3-7,15-17H,1-2H3. The van der Waals surface area contributed by atoms with Crippen LogP contribution in [0.25, 0.3) is 11.3 Å². The molecule has 2 rings (SSSR count). The van der Waals surface area contributed by atoms with E-state index in [1.807, 2.05) is 0 Å². The molecule has 1 aromatic carbocycles. The van der Waals surface area contributed by atoms with Gasteiger partial charge in [-0.05, 0) is 38.1 Å². The van der Waals surface area contributed by atoms with Crippen molar-refractivity contribution in [2.24, 2.45) is 0 Å². The third-order valence-corrected chi connectivity index (χ3v) is 4.78. The van der Waals surface area contributed by atoms with E-state index in [-0.39, 0.29) is 5.76 Å². The minimum absolute atomic E-state index is 0.0503. The molecule has 0 fully saturated rings. The first-order valence-electron chi connectivity index (χ1n) is 6.04. The Kier molecular flexibility index (Phi) is 4.06. The van der Waals surface area contributed by atoms with Gasteiger partial charge in [0.2, 0.25) is 21.5 Å². The van der Waals surface area contributed by atoms with E-state index in [1.54, 1.807) is 24.3 Å². The molecule has 0 aliphatic carbocycles. The number of sulfonamides is 1. The second-order valence-electron chi connectivity index (χ2n) is 4.66. The number of hydrogen-bond donors (Lipinski definition) is 3. The van der Waals surface area contributed by atoms with Crippen LogP contribution in [0.5, 0.6) is 11.5 Å². The zero-order valence-corrected chi connectivity index (χ0v) is 12.9. The van der Waals surface area contributed by atoms with E-state index in [1.165, 1.54) is 13.8 Å². The Bertz CT molecular complexity index is 750. The summed E-state index contributed by atoms with van der Waals surface area (Å²) in [6, 6.07) is 6.30. The Morgan fingerprint density at radius 3 is 2.24 bits per heavy atom. The van der Waals surface area contributed by atoms with E-state index in [0.29, 0.717) is 10.6 Å². The third-order valence-electron chi connectivity index (χ3n) is 2.82. The zero-order valence-electron chi connectivity index (χ0n) is 11.3. The van der Waals surface area contributed by atoms with Crippen LogP contribution in [-0.4, -0.2) is 23.9 Å². The fourth-order valence-corrected chi connectivity index (χ4v) is 2.29. The molecule has 8 heteroatoms. The average Bonchev–Trinajstić information content (AvgIpc) is 2.67. The summed E-state index contributed by atoms with van der Waals surface area (Å²) in [6.45, 7) is 2.95. The highest BCUT2D eigenvalue weighted by molar-refractivity contribution is 7.93. The molecule has 0 spiro atoms. The second kappa shape index (κ2) is 5.50. The zero-order chi connectivity index (χ0) is 15.8. The smallest absolute Gasteiger partial charge is 0.253 e. The molecule has 1 aromatic heterocycles. The van der Waals surface area contributed by atoms with Gasteiger partial charge in [-0.25, -0.2) is 13.1 Å². The lowest BCUT2D eigenvalue weighted by Crippen LogP contribution is -2.22. The molecule has 0 unspecified atom stereocenters. The van der Waals surface area contributed by atoms with Gasteiger partial charge >= 0.3 is 0 Å². The number of nitrogens with one attached hydrogen (secondary N) is 1. The summed E-state index contributed by atoms with van der Waals surface area (Å²) in [4.78, 5) is 0. The van der Waals surface area contributed by atoms with Crippen LogP contribution < -0.4 is 4.72 Å². The van der Waals surface area contributed by atoms with Crippen LogP contribution in [0.15, 0.2) is 28.7 Å². The van der Waals surface area contributed by atoms with E-state index < -0.39 is 32.7 Å². The molecule has 21 heavy (non-hydrogen) atoms. The third kappa shape index (κ3) is 3.08. The molecule has 1 heterocycles. The van der Waals surface area contributed by atoms with Crippen LogP contribution in [0.3, 0.4) is 0 Å². The Morgan fingerprint density at radius 2 is 1.71 bits per heavy atom. The van der Waals surface area contributed by atoms with E-state index in [4.69, 9.17) is 16.0 Å². The average molecular weight is 332 g/mol. The molecule has 6 nitrogen and oxygen atoms in total. The summed E-state index contributed by atoms with van der Waals surface area (Å²) in [5.74, 6) is -1.68. The largest absolute Gasteiger partial charge is 0.502 e. The summed E-state index contributed by atoms with van der Waals surface area (Å²) in [5.41, 5.74) is 0.446. The van der Waals surface area contributed by atoms with Crippen LogP contribution in [0.2, 0.25) is 5.02 Å². The van der Waals surface area contributed by atoms with Gasteiger partial charge in [-0.1, -0.05) is 11.6 Å². The molecule has 0 aliphatic heterocycles. The van der Waals surface area contributed by atoms with Gasteiger partial charge in [0, 0.05) is 10.6 Å². The Hall–Kier alpha value is -1.86. The van der Waals surface area contributed by atoms with Crippen molar-refractivity contribution in [1.82, 2.24) is 0 Å². The Morgan fingerprint density at radius 1 is 1.14 bits per heavy atom. The second-order valence-corrected chi connectivity index (χ2v) is 7.33. The van der Waals surface area contributed by atoms with Gasteiger partial charge in [-0.2, -0.15) is 0 Å². The summed E-state index contributed by atoms with van der Waals surface area (Å²) in [5, 5.41) is 19.4. The molecule has 2 aromatic rings. The normalized spacial score (nSPS) is 11.8. The lowest BCUT2D eigenvalue weighted by molar-refractivity contribution is 0.410. The van der Waals surface area contributed by atoms with E-state index >= 15 is 0 Å². The van der Waals surface area contributed by atoms with Crippen LogP contribution >= 0.6 is 11.6 Å². The molecule has 0 aliphatic rings. The van der Waals surface area contributed by atoms with Crippen LogP contribution in [-0.2, 0) is 10.0 Å². The van der Waals surface area contributed by atoms with Crippen molar-refractivity contribution >= 4 is 27.5 Å². The summed E-state index contributed by atoms with van der Waals surface area (Å²) in [7, 11) is -3.70. The molecule has 0 saturated heterocycles. The number of rotatable bonds is 4. The Balaban J connectivity index is 2.44. The quantitative estimate of drug-likeness (QED) is 0.799. The van der Waals surface area contributed by atoms with E-state index in [0.717, 1.165) is 0 Å². The van der Waals surface area contributed by atoms with Gasteiger partial charge in [-0.3, -0.25) is 0 Å². The van der Waals surface area contributed by atoms with Crippen molar-refractivity contribution in [3.8, 4) is 22.8 Å². The van der Waals surface area contributed by atoms with Crippen molar-refractivity contribution in [1.29, 1.82) is 0 Å². The molecule has 114 valence electrons. The fourth-order valence-electron chi connectivity index (χ4n) is 1.53. The summed E-state index contributed by atoms with van der Waals surface area (Å²) >= 11 is 5.76. The molecular weight excluding hydrogens is 318 g/mol. The van der Waals surface area contributed by atoms with Crippen molar-refractivity contribution in [3.05, 3.63) is 29.3 Å². The van der Waals surface area contributed by atoms with Crippen molar-refractivity contribution < 1.29 is 23.0 Å². The number of benzene rings is 1.